The number of hydrogen-bond acceptors (Lipinski definition) is 3. The highest BCUT2D eigenvalue weighted by Gasteiger charge is 2.14. The molecule has 1 heterocycles. The van der Waals surface area contributed by atoms with Gasteiger partial charge in [-0.25, -0.2) is 0 Å². The first-order chi connectivity index (χ1) is 11.6. The molecule has 2 rings (SSSR count). The first kappa shape index (κ1) is 18.7. The van der Waals surface area contributed by atoms with Crippen molar-refractivity contribution in [1.82, 2.24) is 4.90 Å². The Hall–Kier alpha value is -1.59. The van der Waals surface area contributed by atoms with Crippen LogP contribution >= 0.6 is 11.6 Å². The van der Waals surface area contributed by atoms with Crippen molar-refractivity contribution in [3.63, 3.8) is 0 Å². The number of amides is 2. The van der Waals surface area contributed by atoms with Gasteiger partial charge in [0.15, 0.2) is 0 Å². The van der Waals surface area contributed by atoms with Crippen LogP contribution in [0.2, 0.25) is 5.02 Å². The number of nitrogens with zero attached hydrogens (tertiary/aromatic N) is 1. The molecular formula is C18H26ClN3O2. The fourth-order valence-corrected chi connectivity index (χ4v) is 3.00. The van der Waals surface area contributed by atoms with Crippen LogP contribution in [0.5, 0.6) is 0 Å². The summed E-state index contributed by atoms with van der Waals surface area (Å²) in [6.45, 7) is 4.27. The highest BCUT2D eigenvalue weighted by atomic mass is 35.5. The highest BCUT2D eigenvalue weighted by Crippen LogP contribution is 2.25. The molecule has 1 saturated heterocycles. The molecule has 0 atom stereocenters. The van der Waals surface area contributed by atoms with E-state index in [1.54, 1.807) is 18.2 Å². The molecule has 0 unspecified atom stereocenters. The standard InChI is InChI=1S/C18H26ClN3O2/c1-2-7-17(23)20-14-8-9-15(19)16(12-14)21-18(24)13-22-10-5-3-4-6-11-22/h8-9,12H,2-7,10-11,13H2,1H3,(H,20,23)(H,21,24). The van der Waals surface area contributed by atoms with E-state index in [-0.39, 0.29) is 11.8 Å². The number of anilines is 2. The summed E-state index contributed by atoms with van der Waals surface area (Å²) in [5.74, 6) is -0.113. The van der Waals surface area contributed by atoms with Gasteiger partial charge in [-0.15, -0.1) is 0 Å². The normalized spacial score (nSPS) is 15.6. The van der Waals surface area contributed by atoms with Gasteiger partial charge in [0.05, 0.1) is 17.3 Å². The summed E-state index contributed by atoms with van der Waals surface area (Å²) in [6.07, 6.45) is 6.03. The lowest BCUT2D eigenvalue weighted by molar-refractivity contribution is -0.117. The Kier molecular flexibility index (Phi) is 7.53. The average Bonchev–Trinajstić information content (AvgIpc) is 2.79. The van der Waals surface area contributed by atoms with Crippen molar-refractivity contribution in [3.05, 3.63) is 23.2 Å². The number of rotatable bonds is 6. The number of likely N-dealkylation sites (tertiary alicyclic amines) is 1. The number of nitrogens with one attached hydrogen (secondary N) is 2. The maximum absolute atomic E-state index is 12.3. The van der Waals surface area contributed by atoms with Crippen molar-refractivity contribution in [2.24, 2.45) is 0 Å². The SMILES string of the molecule is CCCC(=O)Nc1ccc(Cl)c(NC(=O)CN2CCCCCC2)c1. The predicted molar refractivity (Wildman–Crippen MR) is 98.5 cm³/mol. The van der Waals surface area contributed by atoms with Gasteiger partial charge in [-0.3, -0.25) is 14.5 Å². The van der Waals surface area contributed by atoms with Crippen LogP contribution in [0.3, 0.4) is 0 Å². The largest absolute Gasteiger partial charge is 0.326 e. The Balaban J connectivity index is 1.94. The van der Waals surface area contributed by atoms with Crippen LogP contribution in [-0.4, -0.2) is 36.3 Å². The summed E-state index contributed by atoms with van der Waals surface area (Å²) in [5, 5.41) is 6.14. The van der Waals surface area contributed by atoms with E-state index >= 15 is 0 Å². The smallest absolute Gasteiger partial charge is 0.238 e. The Morgan fingerprint density at radius 2 is 1.79 bits per heavy atom. The molecule has 0 aliphatic carbocycles. The van der Waals surface area contributed by atoms with Gasteiger partial charge < -0.3 is 10.6 Å². The van der Waals surface area contributed by atoms with Crippen LogP contribution in [0.4, 0.5) is 11.4 Å². The topological polar surface area (TPSA) is 61.4 Å². The zero-order chi connectivity index (χ0) is 17.4. The van der Waals surface area contributed by atoms with Gasteiger partial charge in [-0.05, 0) is 50.6 Å². The minimum Gasteiger partial charge on any atom is -0.326 e. The second kappa shape index (κ2) is 9.64. The van der Waals surface area contributed by atoms with Gasteiger partial charge in [0.25, 0.3) is 0 Å². The molecule has 0 bridgehead atoms. The summed E-state index contributed by atoms with van der Waals surface area (Å²) in [5.41, 5.74) is 1.17. The van der Waals surface area contributed by atoms with E-state index in [0.29, 0.717) is 29.4 Å². The first-order valence-corrected chi connectivity index (χ1v) is 9.08. The molecule has 0 spiro atoms. The van der Waals surface area contributed by atoms with Gasteiger partial charge in [0.1, 0.15) is 0 Å². The van der Waals surface area contributed by atoms with Gasteiger partial charge in [0, 0.05) is 12.1 Å². The van der Waals surface area contributed by atoms with E-state index in [1.807, 2.05) is 6.92 Å². The fraction of sp³-hybridized carbons (Fsp3) is 0.556. The Labute approximate surface area is 148 Å². The quantitative estimate of drug-likeness (QED) is 0.817. The number of halogens is 1. The summed E-state index contributed by atoms with van der Waals surface area (Å²) in [7, 11) is 0. The molecule has 5 nitrogen and oxygen atoms in total. The minimum absolute atomic E-state index is 0.0401. The maximum Gasteiger partial charge on any atom is 0.238 e. The molecule has 2 N–H and O–H groups in total. The van der Waals surface area contributed by atoms with E-state index in [4.69, 9.17) is 11.6 Å². The molecule has 1 aromatic carbocycles. The number of carbonyl (C=O) groups excluding carboxylic acids is 2. The third-order valence-corrected chi connectivity index (χ3v) is 4.40. The zero-order valence-electron chi connectivity index (χ0n) is 14.2. The zero-order valence-corrected chi connectivity index (χ0v) is 15.0. The van der Waals surface area contributed by atoms with Crippen LogP contribution in [0.15, 0.2) is 18.2 Å². The van der Waals surface area contributed by atoms with Crippen LogP contribution in [0.25, 0.3) is 0 Å². The third kappa shape index (κ3) is 6.13. The molecule has 1 aliphatic rings. The molecule has 24 heavy (non-hydrogen) atoms. The van der Waals surface area contributed by atoms with Gasteiger partial charge in [0.2, 0.25) is 11.8 Å². The van der Waals surface area contributed by atoms with Crippen LogP contribution in [0, 0.1) is 0 Å². The number of benzene rings is 1. The monoisotopic (exact) mass is 351 g/mol. The summed E-state index contributed by atoms with van der Waals surface area (Å²) < 4.78 is 0. The summed E-state index contributed by atoms with van der Waals surface area (Å²) in [4.78, 5) is 26.2. The molecule has 0 saturated carbocycles. The molecule has 6 heteroatoms. The summed E-state index contributed by atoms with van der Waals surface area (Å²) in [6, 6.07) is 5.13. The average molecular weight is 352 g/mol. The summed E-state index contributed by atoms with van der Waals surface area (Å²) >= 11 is 6.17. The number of hydrogen-bond donors (Lipinski definition) is 2. The van der Waals surface area contributed by atoms with E-state index in [2.05, 4.69) is 15.5 Å². The molecule has 0 aromatic heterocycles. The molecule has 0 radical (unpaired) electrons. The molecule has 132 valence electrons. The Bertz CT molecular complexity index is 569. The molecule has 1 aromatic rings. The molecule has 2 amide bonds. The van der Waals surface area contributed by atoms with E-state index < -0.39 is 0 Å². The van der Waals surface area contributed by atoms with Crippen LogP contribution < -0.4 is 10.6 Å². The van der Waals surface area contributed by atoms with Gasteiger partial charge in [-0.1, -0.05) is 31.4 Å². The van der Waals surface area contributed by atoms with E-state index in [9.17, 15) is 9.59 Å². The van der Waals surface area contributed by atoms with Crippen molar-refractivity contribution in [1.29, 1.82) is 0 Å². The van der Waals surface area contributed by atoms with Gasteiger partial charge in [-0.2, -0.15) is 0 Å². The van der Waals surface area contributed by atoms with Crippen LogP contribution in [0.1, 0.15) is 45.4 Å². The third-order valence-electron chi connectivity index (χ3n) is 4.07. The second-order valence-electron chi connectivity index (χ2n) is 6.23. The van der Waals surface area contributed by atoms with Gasteiger partial charge >= 0.3 is 0 Å². The Morgan fingerprint density at radius 1 is 1.08 bits per heavy atom. The van der Waals surface area contributed by atoms with Crippen molar-refractivity contribution in [2.75, 3.05) is 30.3 Å². The lowest BCUT2D eigenvalue weighted by Gasteiger charge is -2.19. The maximum atomic E-state index is 12.3. The van der Waals surface area contributed by atoms with Crippen molar-refractivity contribution in [3.8, 4) is 0 Å². The molecule has 1 aliphatic heterocycles. The lowest BCUT2D eigenvalue weighted by atomic mass is 10.2. The Morgan fingerprint density at radius 3 is 2.46 bits per heavy atom. The van der Waals surface area contributed by atoms with E-state index in [1.165, 1.54) is 12.8 Å². The van der Waals surface area contributed by atoms with Crippen molar-refractivity contribution >= 4 is 34.8 Å². The van der Waals surface area contributed by atoms with Crippen LogP contribution in [-0.2, 0) is 9.59 Å². The molecule has 1 fully saturated rings. The predicted octanol–water partition coefficient (Wildman–Crippen LogP) is 3.89. The van der Waals surface area contributed by atoms with E-state index in [0.717, 1.165) is 32.4 Å². The second-order valence-corrected chi connectivity index (χ2v) is 6.64. The number of carbonyl (C=O) groups is 2. The molecular weight excluding hydrogens is 326 g/mol. The van der Waals surface area contributed by atoms with Crippen molar-refractivity contribution in [2.45, 2.75) is 45.4 Å². The minimum atomic E-state index is -0.0733. The highest BCUT2D eigenvalue weighted by molar-refractivity contribution is 6.33. The first-order valence-electron chi connectivity index (χ1n) is 8.70. The van der Waals surface area contributed by atoms with Crippen molar-refractivity contribution < 1.29 is 9.59 Å². The lowest BCUT2D eigenvalue weighted by Crippen LogP contribution is -2.34. The fourth-order valence-electron chi connectivity index (χ4n) is 2.84.